The molecular weight excluding hydrogens is 244 g/mol. The van der Waals surface area contributed by atoms with Gasteiger partial charge in [0.15, 0.2) is 0 Å². The van der Waals surface area contributed by atoms with Crippen molar-refractivity contribution in [1.82, 2.24) is 4.98 Å². The van der Waals surface area contributed by atoms with E-state index < -0.39 is 0 Å². The highest BCUT2D eigenvalue weighted by Gasteiger charge is 1.98. The molecule has 0 fully saturated rings. The maximum absolute atomic E-state index is 5.75. The Labute approximate surface area is 92.1 Å². The van der Waals surface area contributed by atoms with Crippen LogP contribution in [0, 0.1) is 0 Å². The number of halogens is 1. The largest absolute Gasteiger partial charge is 0.481 e. The van der Waals surface area contributed by atoms with E-state index in [0.717, 1.165) is 17.4 Å². The monoisotopic (exact) mass is 256 g/mol. The molecule has 0 atom stereocenters. The predicted molar refractivity (Wildman–Crippen MR) is 62.6 cm³/mol. The number of allylic oxidation sites excluding steroid dienone is 1. The van der Waals surface area contributed by atoms with Crippen LogP contribution in [-0.4, -0.2) is 17.4 Å². The second-order valence-corrected chi connectivity index (χ2v) is 3.50. The van der Waals surface area contributed by atoms with Crippen LogP contribution in [0.2, 0.25) is 0 Å². The molecule has 0 aromatic carbocycles. The van der Waals surface area contributed by atoms with E-state index >= 15 is 0 Å². The molecule has 0 unspecified atom stereocenters. The first-order valence-electron chi connectivity index (χ1n) is 4.31. The fourth-order valence-corrected chi connectivity index (χ4v) is 1.24. The lowest BCUT2D eigenvalue weighted by Gasteiger charge is -2.02. The molecule has 1 rings (SSSR count). The van der Waals surface area contributed by atoms with Crippen molar-refractivity contribution in [2.45, 2.75) is 6.42 Å². The lowest BCUT2D eigenvalue weighted by Crippen LogP contribution is -1.95. The summed E-state index contributed by atoms with van der Waals surface area (Å²) < 4.78 is 5.01. The highest BCUT2D eigenvalue weighted by Crippen LogP contribution is 2.16. The van der Waals surface area contributed by atoms with Gasteiger partial charge in [-0.25, -0.2) is 4.98 Å². The Morgan fingerprint density at radius 2 is 2.36 bits per heavy atom. The summed E-state index contributed by atoms with van der Waals surface area (Å²) >= 11 is 3.34. The molecule has 3 nitrogen and oxygen atoms in total. The van der Waals surface area contributed by atoms with Crippen LogP contribution in [0.1, 0.15) is 12.1 Å². The minimum absolute atomic E-state index is 0.581. The van der Waals surface area contributed by atoms with Crippen LogP contribution in [0.15, 0.2) is 18.2 Å². The van der Waals surface area contributed by atoms with Crippen molar-refractivity contribution >= 4 is 27.7 Å². The minimum atomic E-state index is 0.581. The number of alkyl halides is 1. The zero-order valence-electron chi connectivity index (χ0n) is 8.03. The Balaban J connectivity index is 2.83. The van der Waals surface area contributed by atoms with Gasteiger partial charge in [-0.3, -0.25) is 0 Å². The molecule has 0 amide bonds. The van der Waals surface area contributed by atoms with E-state index in [9.17, 15) is 0 Å². The van der Waals surface area contributed by atoms with Gasteiger partial charge in [-0.2, -0.15) is 0 Å². The van der Waals surface area contributed by atoms with E-state index in [4.69, 9.17) is 10.5 Å². The molecule has 1 aromatic heterocycles. The quantitative estimate of drug-likeness (QED) is 0.843. The van der Waals surface area contributed by atoms with Gasteiger partial charge in [0.1, 0.15) is 0 Å². The van der Waals surface area contributed by atoms with Gasteiger partial charge in [-0.1, -0.05) is 22.0 Å². The van der Waals surface area contributed by atoms with Crippen molar-refractivity contribution < 1.29 is 4.74 Å². The Bertz CT molecular complexity index is 326. The second kappa shape index (κ2) is 5.65. The summed E-state index contributed by atoms with van der Waals surface area (Å²) in [5.41, 5.74) is 7.16. The average molecular weight is 257 g/mol. The number of rotatable bonds is 4. The molecule has 1 aromatic rings. The van der Waals surface area contributed by atoms with E-state index in [1.54, 1.807) is 19.2 Å². The fourth-order valence-electron chi connectivity index (χ4n) is 0.972. The van der Waals surface area contributed by atoms with Gasteiger partial charge in [0.05, 0.1) is 18.5 Å². The number of nitrogens with two attached hydrogens (primary N) is 1. The SMILES string of the molecule is COc1ccc(N)c(C=CCCBr)n1. The third-order valence-electron chi connectivity index (χ3n) is 1.69. The number of ether oxygens (including phenoxy) is 1. The molecular formula is C10H13BrN2O. The zero-order chi connectivity index (χ0) is 10.4. The maximum Gasteiger partial charge on any atom is 0.213 e. The van der Waals surface area contributed by atoms with E-state index in [1.807, 2.05) is 12.2 Å². The molecule has 0 aliphatic heterocycles. The van der Waals surface area contributed by atoms with Gasteiger partial charge in [0.25, 0.3) is 0 Å². The van der Waals surface area contributed by atoms with Crippen molar-refractivity contribution in [3.8, 4) is 5.88 Å². The lowest BCUT2D eigenvalue weighted by molar-refractivity contribution is 0.398. The van der Waals surface area contributed by atoms with Crippen LogP contribution in [-0.2, 0) is 0 Å². The molecule has 0 radical (unpaired) electrons. The third-order valence-corrected chi connectivity index (χ3v) is 2.15. The van der Waals surface area contributed by atoms with Gasteiger partial charge in [0, 0.05) is 11.4 Å². The molecule has 4 heteroatoms. The average Bonchev–Trinajstić information content (AvgIpc) is 2.21. The van der Waals surface area contributed by atoms with Crippen molar-refractivity contribution in [3.05, 3.63) is 23.9 Å². The number of pyridine rings is 1. The van der Waals surface area contributed by atoms with Gasteiger partial charge in [-0.15, -0.1) is 0 Å². The minimum Gasteiger partial charge on any atom is -0.481 e. The number of aromatic nitrogens is 1. The van der Waals surface area contributed by atoms with Gasteiger partial charge in [0.2, 0.25) is 5.88 Å². The van der Waals surface area contributed by atoms with E-state index in [1.165, 1.54) is 0 Å². The molecule has 0 bridgehead atoms. The summed E-state index contributed by atoms with van der Waals surface area (Å²) in [5.74, 6) is 0.581. The highest BCUT2D eigenvalue weighted by molar-refractivity contribution is 9.09. The summed E-state index contributed by atoms with van der Waals surface area (Å²) in [6.07, 6.45) is 4.88. The van der Waals surface area contributed by atoms with E-state index in [-0.39, 0.29) is 0 Å². The van der Waals surface area contributed by atoms with Crippen LogP contribution in [0.4, 0.5) is 5.69 Å². The van der Waals surface area contributed by atoms with Crippen LogP contribution in [0.5, 0.6) is 5.88 Å². The summed E-state index contributed by atoms with van der Waals surface area (Å²) in [4.78, 5) is 4.21. The Hall–Kier alpha value is -1.03. The molecule has 0 saturated heterocycles. The normalized spacial score (nSPS) is 10.7. The van der Waals surface area contributed by atoms with Crippen molar-refractivity contribution in [3.63, 3.8) is 0 Å². The molecule has 76 valence electrons. The third kappa shape index (κ3) is 3.03. The molecule has 0 saturated carbocycles. The molecule has 2 N–H and O–H groups in total. The summed E-state index contributed by atoms with van der Waals surface area (Å²) in [5, 5.41) is 0.938. The molecule has 14 heavy (non-hydrogen) atoms. The molecule has 0 aliphatic rings. The number of nitrogens with zero attached hydrogens (tertiary/aromatic N) is 1. The van der Waals surface area contributed by atoms with Crippen molar-refractivity contribution in [2.75, 3.05) is 18.2 Å². The predicted octanol–water partition coefficient (Wildman–Crippen LogP) is 2.47. The Morgan fingerprint density at radius 1 is 1.57 bits per heavy atom. The maximum atomic E-state index is 5.75. The lowest BCUT2D eigenvalue weighted by atomic mass is 10.2. The standard InChI is InChI=1S/C10H13BrN2O/c1-14-10-6-5-8(12)9(13-10)4-2-3-7-11/h2,4-6H,3,7,12H2,1H3. The van der Waals surface area contributed by atoms with Crippen LogP contribution in [0.3, 0.4) is 0 Å². The molecule has 1 heterocycles. The molecule has 0 aliphatic carbocycles. The summed E-state index contributed by atoms with van der Waals surface area (Å²) in [6.45, 7) is 0. The van der Waals surface area contributed by atoms with E-state index in [2.05, 4.69) is 20.9 Å². The number of nitrogen functional groups attached to an aromatic ring is 1. The summed E-state index contributed by atoms with van der Waals surface area (Å²) in [6, 6.07) is 3.54. The highest BCUT2D eigenvalue weighted by atomic mass is 79.9. The first-order valence-corrected chi connectivity index (χ1v) is 5.43. The fraction of sp³-hybridized carbons (Fsp3) is 0.300. The number of anilines is 1. The van der Waals surface area contributed by atoms with Crippen LogP contribution < -0.4 is 10.5 Å². The second-order valence-electron chi connectivity index (χ2n) is 2.71. The zero-order valence-corrected chi connectivity index (χ0v) is 9.62. The first kappa shape index (κ1) is 11.0. The van der Waals surface area contributed by atoms with Crippen LogP contribution >= 0.6 is 15.9 Å². The topological polar surface area (TPSA) is 48.1 Å². The van der Waals surface area contributed by atoms with Crippen LogP contribution in [0.25, 0.3) is 6.08 Å². The number of hydrogen-bond donors (Lipinski definition) is 1. The number of hydrogen-bond acceptors (Lipinski definition) is 3. The van der Waals surface area contributed by atoms with Gasteiger partial charge in [-0.05, 0) is 18.6 Å². The summed E-state index contributed by atoms with van der Waals surface area (Å²) in [7, 11) is 1.59. The first-order chi connectivity index (χ1) is 6.77. The Morgan fingerprint density at radius 3 is 3.00 bits per heavy atom. The Kier molecular flexibility index (Phi) is 4.46. The molecule has 0 spiro atoms. The van der Waals surface area contributed by atoms with Crippen molar-refractivity contribution in [2.24, 2.45) is 0 Å². The van der Waals surface area contributed by atoms with E-state index in [0.29, 0.717) is 11.6 Å². The van der Waals surface area contributed by atoms with Gasteiger partial charge < -0.3 is 10.5 Å². The van der Waals surface area contributed by atoms with Crippen molar-refractivity contribution in [1.29, 1.82) is 0 Å². The van der Waals surface area contributed by atoms with Gasteiger partial charge >= 0.3 is 0 Å². The number of methoxy groups -OCH3 is 1. The smallest absolute Gasteiger partial charge is 0.213 e.